The molecule has 1 saturated heterocycles. The van der Waals surface area contributed by atoms with Gasteiger partial charge in [-0.3, -0.25) is 0 Å². The van der Waals surface area contributed by atoms with Gasteiger partial charge in [0.1, 0.15) is 0 Å². The molecule has 1 aromatic rings. The van der Waals surface area contributed by atoms with E-state index in [1.54, 1.807) is 0 Å². The Morgan fingerprint density at radius 3 is 3.06 bits per heavy atom. The molecule has 0 aliphatic carbocycles. The fraction of sp³-hybridized carbons (Fsp3) is 0.625. The summed E-state index contributed by atoms with van der Waals surface area (Å²) in [4.78, 5) is 0. The number of nitrogens with one attached hydrogen (secondary N) is 2. The number of aryl methyl sites for hydroxylation is 1. The van der Waals surface area contributed by atoms with Crippen molar-refractivity contribution in [2.45, 2.75) is 58.0 Å². The van der Waals surface area contributed by atoms with Crippen molar-refractivity contribution in [1.29, 1.82) is 0 Å². The van der Waals surface area contributed by atoms with Gasteiger partial charge in [0, 0.05) is 17.8 Å². The van der Waals surface area contributed by atoms with E-state index in [1.807, 2.05) is 0 Å². The Kier molecular flexibility index (Phi) is 5.06. The molecule has 1 heterocycles. The molecule has 2 atom stereocenters. The summed E-state index contributed by atoms with van der Waals surface area (Å²) in [6, 6.07) is 9.86. The average molecular weight is 246 g/mol. The van der Waals surface area contributed by atoms with Crippen LogP contribution in [0.4, 0.5) is 5.69 Å². The second-order valence-electron chi connectivity index (χ2n) is 5.65. The monoisotopic (exact) mass is 246 g/mol. The minimum atomic E-state index is 0.530. The Labute approximate surface area is 111 Å². The smallest absolute Gasteiger partial charge is 0.0344 e. The van der Waals surface area contributed by atoms with Crippen LogP contribution in [0.15, 0.2) is 24.3 Å². The maximum absolute atomic E-state index is 3.67. The van der Waals surface area contributed by atoms with E-state index in [9.17, 15) is 0 Å². The fourth-order valence-corrected chi connectivity index (χ4v) is 2.81. The second-order valence-corrected chi connectivity index (χ2v) is 5.65. The van der Waals surface area contributed by atoms with Gasteiger partial charge in [-0.15, -0.1) is 0 Å². The SMILES string of the molecule is Cc1cccc(NC(C)CC2CCCCCN2)c1. The highest BCUT2D eigenvalue weighted by atomic mass is 15.0. The molecule has 0 bridgehead atoms. The normalized spacial score (nSPS) is 22.2. The molecule has 18 heavy (non-hydrogen) atoms. The Bertz CT molecular complexity index is 354. The van der Waals surface area contributed by atoms with E-state index in [1.165, 1.54) is 49.9 Å². The van der Waals surface area contributed by atoms with Crippen molar-refractivity contribution in [3.05, 3.63) is 29.8 Å². The van der Waals surface area contributed by atoms with Crippen molar-refractivity contribution < 1.29 is 0 Å². The molecule has 0 saturated carbocycles. The zero-order valence-electron chi connectivity index (χ0n) is 11.7. The van der Waals surface area contributed by atoms with Crippen molar-refractivity contribution in [2.75, 3.05) is 11.9 Å². The molecule has 1 aliphatic heterocycles. The van der Waals surface area contributed by atoms with Crippen LogP contribution in [0.3, 0.4) is 0 Å². The Balaban J connectivity index is 1.82. The molecule has 100 valence electrons. The summed E-state index contributed by atoms with van der Waals surface area (Å²) in [5.41, 5.74) is 2.57. The van der Waals surface area contributed by atoms with Crippen molar-refractivity contribution in [1.82, 2.24) is 5.32 Å². The zero-order valence-corrected chi connectivity index (χ0v) is 11.7. The van der Waals surface area contributed by atoms with Crippen LogP contribution in [0.25, 0.3) is 0 Å². The lowest BCUT2D eigenvalue weighted by molar-refractivity contribution is 0.456. The summed E-state index contributed by atoms with van der Waals surface area (Å²) < 4.78 is 0. The zero-order chi connectivity index (χ0) is 12.8. The van der Waals surface area contributed by atoms with Crippen LogP contribution in [-0.4, -0.2) is 18.6 Å². The van der Waals surface area contributed by atoms with Gasteiger partial charge < -0.3 is 10.6 Å². The minimum Gasteiger partial charge on any atom is -0.383 e. The average Bonchev–Trinajstić information content (AvgIpc) is 2.57. The van der Waals surface area contributed by atoms with Gasteiger partial charge in [0.15, 0.2) is 0 Å². The van der Waals surface area contributed by atoms with E-state index in [-0.39, 0.29) is 0 Å². The lowest BCUT2D eigenvalue weighted by atomic mass is 10.0. The molecule has 1 aromatic carbocycles. The molecule has 0 amide bonds. The van der Waals surface area contributed by atoms with Crippen LogP contribution in [0.2, 0.25) is 0 Å². The number of benzene rings is 1. The predicted molar refractivity (Wildman–Crippen MR) is 79.1 cm³/mol. The summed E-state index contributed by atoms with van der Waals surface area (Å²) in [5.74, 6) is 0. The molecule has 0 aromatic heterocycles. The molecule has 2 rings (SSSR count). The van der Waals surface area contributed by atoms with E-state index < -0.39 is 0 Å². The molecule has 0 spiro atoms. The van der Waals surface area contributed by atoms with Crippen LogP contribution < -0.4 is 10.6 Å². The summed E-state index contributed by atoms with van der Waals surface area (Å²) >= 11 is 0. The molecule has 2 N–H and O–H groups in total. The Morgan fingerprint density at radius 2 is 2.22 bits per heavy atom. The predicted octanol–water partition coefficient (Wildman–Crippen LogP) is 3.72. The molecule has 0 radical (unpaired) electrons. The number of hydrogen-bond donors (Lipinski definition) is 2. The Morgan fingerprint density at radius 1 is 1.33 bits per heavy atom. The van der Waals surface area contributed by atoms with Crippen LogP contribution in [0.1, 0.15) is 44.6 Å². The van der Waals surface area contributed by atoms with E-state index >= 15 is 0 Å². The third-order valence-electron chi connectivity index (χ3n) is 3.73. The van der Waals surface area contributed by atoms with Gasteiger partial charge in [-0.2, -0.15) is 0 Å². The van der Waals surface area contributed by atoms with Gasteiger partial charge in [0.05, 0.1) is 0 Å². The van der Waals surface area contributed by atoms with E-state index in [0.717, 1.165) is 0 Å². The van der Waals surface area contributed by atoms with Crippen LogP contribution in [0.5, 0.6) is 0 Å². The quantitative estimate of drug-likeness (QED) is 0.846. The fourth-order valence-electron chi connectivity index (χ4n) is 2.81. The van der Waals surface area contributed by atoms with Gasteiger partial charge in [-0.25, -0.2) is 0 Å². The topological polar surface area (TPSA) is 24.1 Å². The molecule has 2 heteroatoms. The maximum atomic E-state index is 3.67. The first-order valence-electron chi connectivity index (χ1n) is 7.30. The summed E-state index contributed by atoms with van der Waals surface area (Å²) in [6.45, 7) is 5.62. The highest BCUT2D eigenvalue weighted by Gasteiger charge is 2.14. The standard InChI is InChI=1S/C16H26N2/c1-13-7-6-9-16(11-13)18-14(2)12-15-8-4-3-5-10-17-15/h6-7,9,11,14-15,17-18H,3-5,8,10,12H2,1-2H3. The third-order valence-corrected chi connectivity index (χ3v) is 3.73. The summed E-state index contributed by atoms with van der Waals surface area (Å²) in [6.07, 6.45) is 6.67. The molecule has 2 unspecified atom stereocenters. The van der Waals surface area contributed by atoms with Gasteiger partial charge in [-0.1, -0.05) is 25.0 Å². The first kappa shape index (κ1) is 13.4. The lowest BCUT2D eigenvalue weighted by Gasteiger charge is -2.22. The molecular formula is C16H26N2. The van der Waals surface area contributed by atoms with Gasteiger partial charge in [-0.05, 0) is 57.4 Å². The second kappa shape index (κ2) is 6.79. The van der Waals surface area contributed by atoms with Crippen molar-refractivity contribution in [2.24, 2.45) is 0 Å². The van der Waals surface area contributed by atoms with Gasteiger partial charge in [0.2, 0.25) is 0 Å². The van der Waals surface area contributed by atoms with Gasteiger partial charge in [0.25, 0.3) is 0 Å². The number of rotatable bonds is 4. The molecular weight excluding hydrogens is 220 g/mol. The number of hydrogen-bond acceptors (Lipinski definition) is 2. The largest absolute Gasteiger partial charge is 0.383 e. The minimum absolute atomic E-state index is 0.530. The first-order chi connectivity index (χ1) is 8.74. The summed E-state index contributed by atoms with van der Waals surface area (Å²) in [7, 11) is 0. The van der Waals surface area contributed by atoms with E-state index in [2.05, 4.69) is 48.7 Å². The Hall–Kier alpha value is -1.02. The highest BCUT2D eigenvalue weighted by Crippen LogP contribution is 2.16. The molecule has 1 aliphatic rings. The van der Waals surface area contributed by atoms with Crippen LogP contribution in [-0.2, 0) is 0 Å². The van der Waals surface area contributed by atoms with Crippen molar-refractivity contribution in [3.63, 3.8) is 0 Å². The van der Waals surface area contributed by atoms with Gasteiger partial charge >= 0.3 is 0 Å². The number of anilines is 1. The van der Waals surface area contributed by atoms with Crippen LogP contribution >= 0.6 is 0 Å². The lowest BCUT2D eigenvalue weighted by Crippen LogP contribution is -2.33. The van der Waals surface area contributed by atoms with Crippen molar-refractivity contribution in [3.8, 4) is 0 Å². The first-order valence-corrected chi connectivity index (χ1v) is 7.30. The van der Waals surface area contributed by atoms with E-state index in [0.29, 0.717) is 12.1 Å². The van der Waals surface area contributed by atoms with Crippen LogP contribution in [0, 0.1) is 6.92 Å². The molecule has 2 nitrogen and oxygen atoms in total. The highest BCUT2D eigenvalue weighted by molar-refractivity contribution is 5.46. The molecule has 1 fully saturated rings. The third kappa shape index (κ3) is 4.34. The maximum Gasteiger partial charge on any atom is 0.0344 e. The van der Waals surface area contributed by atoms with Crippen molar-refractivity contribution >= 4 is 5.69 Å². The van der Waals surface area contributed by atoms with E-state index in [4.69, 9.17) is 0 Å². The summed E-state index contributed by atoms with van der Waals surface area (Å²) in [5, 5.41) is 7.28.